The van der Waals surface area contributed by atoms with Crippen LogP contribution in [0.1, 0.15) is 0 Å². The Morgan fingerprint density at radius 2 is 1.71 bits per heavy atom. The third kappa shape index (κ3) is 1.99. The molecule has 0 aliphatic rings. The van der Waals surface area contributed by atoms with Crippen molar-refractivity contribution in [1.29, 1.82) is 0 Å². The molecule has 0 amide bonds. The molecule has 5 heteroatoms. The van der Waals surface area contributed by atoms with Crippen molar-refractivity contribution >= 4 is 5.69 Å². The molecule has 0 aliphatic carbocycles. The number of para-hydroxylation sites is 1. The maximum atomic E-state index is 11.9. The predicted octanol–water partition coefficient (Wildman–Crippen LogP) is 0.446. The molecule has 0 atom stereocenters. The predicted molar refractivity (Wildman–Crippen MR) is 66.2 cm³/mol. The van der Waals surface area contributed by atoms with Gasteiger partial charge in [0.1, 0.15) is 0 Å². The van der Waals surface area contributed by atoms with Gasteiger partial charge in [0.2, 0.25) is 0 Å². The van der Waals surface area contributed by atoms with Crippen LogP contribution in [0.2, 0.25) is 0 Å². The maximum Gasteiger partial charge on any atom is 0.349 e. The molecule has 88 valence electrons. The van der Waals surface area contributed by atoms with Crippen LogP contribution in [-0.2, 0) is 7.05 Å². The van der Waals surface area contributed by atoms with Crippen molar-refractivity contribution in [2.75, 3.05) is 12.1 Å². The summed E-state index contributed by atoms with van der Waals surface area (Å²) < 4.78 is 2.45. The van der Waals surface area contributed by atoms with E-state index in [2.05, 4.69) is 0 Å². The van der Waals surface area contributed by atoms with E-state index in [1.165, 1.54) is 24.0 Å². The maximum absolute atomic E-state index is 11.9. The van der Waals surface area contributed by atoms with Crippen molar-refractivity contribution in [2.24, 2.45) is 7.05 Å². The SMILES string of the molecule is CN(c1ccccc1)n1ccc(=O)n(C)c1=O. The summed E-state index contributed by atoms with van der Waals surface area (Å²) >= 11 is 0. The molecular formula is C12H13N3O2. The van der Waals surface area contributed by atoms with Gasteiger partial charge in [-0.15, -0.1) is 0 Å². The average Bonchev–Trinajstić information content (AvgIpc) is 2.36. The van der Waals surface area contributed by atoms with Gasteiger partial charge in [-0.2, -0.15) is 0 Å². The first-order valence-corrected chi connectivity index (χ1v) is 5.19. The van der Waals surface area contributed by atoms with Gasteiger partial charge < -0.3 is 0 Å². The zero-order valence-electron chi connectivity index (χ0n) is 9.70. The summed E-state index contributed by atoms with van der Waals surface area (Å²) in [5.41, 5.74) is 0.185. The monoisotopic (exact) mass is 231 g/mol. The lowest BCUT2D eigenvalue weighted by Gasteiger charge is -2.21. The summed E-state index contributed by atoms with van der Waals surface area (Å²) in [6, 6.07) is 10.8. The van der Waals surface area contributed by atoms with E-state index >= 15 is 0 Å². The highest BCUT2D eigenvalue weighted by atomic mass is 16.2. The standard InChI is InChI=1S/C12H13N3O2/c1-13-11(16)8-9-15(12(13)17)14(2)10-6-4-3-5-7-10/h3-9H,1-2H3. The van der Waals surface area contributed by atoms with Crippen molar-refractivity contribution in [3.8, 4) is 0 Å². The van der Waals surface area contributed by atoms with E-state index < -0.39 is 0 Å². The lowest BCUT2D eigenvalue weighted by molar-refractivity contribution is 0.637. The van der Waals surface area contributed by atoms with Crippen LogP contribution in [0, 0.1) is 0 Å². The number of hydrogen-bond acceptors (Lipinski definition) is 3. The Kier molecular flexibility index (Phi) is 2.82. The second kappa shape index (κ2) is 4.29. The fourth-order valence-electron chi connectivity index (χ4n) is 1.55. The van der Waals surface area contributed by atoms with Gasteiger partial charge in [0.05, 0.1) is 5.69 Å². The van der Waals surface area contributed by atoms with Gasteiger partial charge >= 0.3 is 5.69 Å². The normalized spacial score (nSPS) is 10.2. The summed E-state index contributed by atoms with van der Waals surface area (Å²) in [6.45, 7) is 0. The Balaban J connectivity index is 2.53. The molecule has 0 radical (unpaired) electrons. The largest absolute Gasteiger partial charge is 0.349 e. The van der Waals surface area contributed by atoms with Crippen LogP contribution in [0.5, 0.6) is 0 Å². The van der Waals surface area contributed by atoms with Gasteiger partial charge in [-0.05, 0) is 12.1 Å². The molecule has 0 spiro atoms. The van der Waals surface area contributed by atoms with Crippen LogP contribution in [0.25, 0.3) is 0 Å². The zero-order valence-corrected chi connectivity index (χ0v) is 9.70. The van der Waals surface area contributed by atoms with E-state index in [0.29, 0.717) is 0 Å². The lowest BCUT2D eigenvalue weighted by Crippen LogP contribution is -2.44. The smallest absolute Gasteiger partial charge is 0.281 e. The Morgan fingerprint density at radius 1 is 1.06 bits per heavy atom. The first-order valence-electron chi connectivity index (χ1n) is 5.19. The highest BCUT2D eigenvalue weighted by molar-refractivity contribution is 5.44. The van der Waals surface area contributed by atoms with E-state index in [-0.39, 0.29) is 11.2 Å². The van der Waals surface area contributed by atoms with E-state index in [0.717, 1.165) is 10.3 Å². The molecule has 0 saturated heterocycles. The van der Waals surface area contributed by atoms with Crippen LogP contribution < -0.4 is 16.3 Å². The molecule has 0 N–H and O–H groups in total. The van der Waals surface area contributed by atoms with E-state index in [1.54, 1.807) is 12.1 Å². The number of benzene rings is 1. The summed E-state index contributed by atoms with van der Waals surface area (Å²) in [7, 11) is 3.22. The molecule has 1 aromatic heterocycles. The minimum atomic E-state index is -0.371. The topological polar surface area (TPSA) is 47.2 Å². The highest BCUT2D eigenvalue weighted by Crippen LogP contribution is 2.10. The Morgan fingerprint density at radius 3 is 2.35 bits per heavy atom. The second-order valence-corrected chi connectivity index (χ2v) is 3.70. The minimum Gasteiger partial charge on any atom is -0.281 e. The summed E-state index contributed by atoms with van der Waals surface area (Å²) in [6.07, 6.45) is 1.47. The molecule has 0 aliphatic heterocycles. The second-order valence-electron chi connectivity index (χ2n) is 3.70. The number of hydrogen-bond donors (Lipinski definition) is 0. The first kappa shape index (κ1) is 11.2. The third-order valence-corrected chi connectivity index (χ3v) is 2.62. The fourth-order valence-corrected chi connectivity index (χ4v) is 1.55. The molecule has 5 nitrogen and oxygen atoms in total. The molecule has 0 saturated carbocycles. The van der Waals surface area contributed by atoms with Crippen LogP contribution in [0.4, 0.5) is 5.69 Å². The van der Waals surface area contributed by atoms with Gasteiger partial charge in [0, 0.05) is 26.4 Å². The number of aromatic nitrogens is 2. The van der Waals surface area contributed by atoms with Crippen LogP contribution in [0.15, 0.2) is 52.2 Å². The molecule has 17 heavy (non-hydrogen) atoms. The van der Waals surface area contributed by atoms with Crippen molar-refractivity contribution in [1.82, 2.24) is 9.24 Å². The van der Waals surface area contributed by atoms with Crippen LogP contribution >= 0.6 is 0 Å². The highest BCUT2D eigenvalue weighted by Gasteiger charge is 2.06. The van der Waals surface area contributed by atoms with Crippen molar-refractivity contribution < 1.29 is 0 Å². The molecule has 1 aromatic carbocycles. The average molecular weight is 231 g/mol. The molecule has 0 fully saturated rings. The van der Waals surface area contributed by atoms with Crippen molar-refractivity contribution in [3.63, 3.8) is 0 Å². The molecule has 0 bridgehead atoms. The molecule has 1 heterocycles. The molecular weight excluding hydrogens is 218 g/mol. The van der Waals surface area contributed by atoms with Gasteiger partial charge in [-0.25, -0.2) is 9.47 Å². The molecule has 2 rings (SSSR count). The molecule has 0 unspecified atom stereocenters. The van der Waals surface area contributed by atoms with Crippen molar-refractivity contribution in [3.05, 3.63) is 63.4 Å². The summed E-state index contributed by atoms with van der Waals surface area (Å²) in [5.74, 6) is 0. The lowest BCUT2D eigenvalue weighted by atomic mass is 10.3. The van der Waals surface area contributed by atoms with Gasteiger partial charge in [0.25, 0.3) is 5.56 Å². The quantitative estimate of drug-likeness (QED) is 0.753. The zero-order chi connectivity index (χ0) is 12.4. The first-order chi connectivity index (χ1) is 8.11. The Hall–Kier alpha value is -2.30. The summed E-state index contributed by atoms with van der Waals surface area (Å²) in [4.78, 5) is 23.2. The third-order valence-electron chi connectivity index (χ3n) is 2.62. The van der Waals surface area contributed by atoms with Gasteiger partial charge in [-0.3, -0.25) is 14.4 Å². The van der Waals surface area contributed by atoms with E-state index in [9.17, 15) is 9.59 Å². The van der Waals surface area contributed by atoms with E-state index in [1.807, 2.05) is 30.3 Å². The Labute approximate surface area is 98.1 Å². The van der Waals surface area contributed by atoms with E-state index in [4.69, 9.17) is 0 Å². The molecule has 2 aromatic rings. The van der Waals surface area contributed by atoms with Crippen LogP contribution in [-0.4, -0.2) is 16.3 Å². The van der Waals surface area contributed by atoms with Crippen LogP contribution in [0.3, 0.4) is 0 Å². The minimum absolute atomic E-state index is 0.312. The van der Waals surface area contributed by atoms with Gasteiger partial charge in [-0.1, -0.05) is 18.2 Å². The number of anilines is 1. The van der Waals surface area contributed by atoms with Crippen molar-refractivity contribution in [2.45, 2.75) is 0 Å². The Bertz CT molecular complexity index is 628. The van der Waals surface area contributed by atoms with Gasteiger partial charge in [0.15, 0.2) is 0 Å². The summed E-state index contributed by atoms with van der Waals surface area (Å²) in [5, 5.41) is 1.68. The number of rotatable bonds is 2. The fraction of sp³-hybridized carbons (Fsp3) is 0.167. The number of nitrogens with zero attached hydrogens (tertiary/aromatic N) is 3.